The number of rotatable bonds is 4. The molecule has 0 aliphatic rings. The molecular formula is C15H12F2N2O4S. The van der Waals surface area contributed by atoms with Gasteiger partial charge >= 0.3 is 0 Å². The Hall–Kier alpha value is -2.81. The standard InChI is InChI=1S/C15H12F2N2O4S/c1-9(20)18-12-4-2-3-10(7-12)15(21)19-24(22,23)14-6-5-11(16)8-13(14)17/h2-8H,1H3,(H,18,20)(H,19,21). The van der Waals surface area contributed by atoms with Crippen LogP contribution in [0.15, 0.2) is 47.4 Å². The average Bonchev–Trinajstić information content (AvgIpc) is 2.45. The molecule has 0 unspecified atom stereocenters. The summed E-state index contributed by atoms with van der Waals surface area (Å²) in [6.07, 6.45) is 0. The molecule has 9 heteroatoms. The molecule has 6 nitrogen and oxygen atoms in total. The normalized spacial score (nSPS) is 11.0. The third-order valence-electron chi connectivity index (χ3n) is 2.86. The fraction of sp³-hybridized carbons (Fsp3) is 0.0667. The Morgan fingerprint density at radius 2 is 1.75 bits per heavy atom. The summed E-state index contributed by atoms with van der Waals surface area (Å²) in [4.78, 5) is 22.2. The minimum atomic E-state index is -4.52. The van der Waals surface area contributed by atoms with Crippen molar-refractivity contribution in [1.82, 2.24) is 4.72 Å². The van der Waals surface area contributed by atoms with Crippen LogP contribution in [-0.2, 0) is 14.8 Å². The zero-order valence-electron chi connectivity index (χ0n) is 12.3. The monoisotopic (exact) mass is 354 g/mol. The number of halogens is 2. The Morgan fingerprint density at radius 1 is 1.04 bits per heavy atom. The zero-order valence-corrected chi connectivity index (χ0v) is 13.2. The summed E-state index contributed by atoms with van der Waals surface area (Å²) in [5, 5.41) is 2.44. The topological polar surface area (TPSA) is 92.3 Å². The molecule has 0 atom stereocenters. The van der Waals surface area contributed by atoms with E-state index in [0.29, 0.717) is 17.8 Å². The van der Waals surface area contributed by atoms with Crippen molar-refractivity contribution in [3.8, 4) is 0 Å². The predicted octanol–water partition coefficient (Wildman–Crippen LogP) is 2.04. The molecule has 0 heterocycles. The molecule has 0 saturated heterocycles. The number of hydrogen-bond acceptors (Lipinski definition) is 4. The minimum Gasteiger partial charge on any atom is -0.326 e. The molecule has 0 radical (unpaired) electrons. The lowest BCUT2D eigenvalue weighted by atomic mass is 10.2. The summed E-state index contributed by atoms with van der Waals surface area (Å²) >= 11 is 0. The van der Waals surface area contributed by atoms with Crippen molar-refractivity contribution < 1.29 is 26.8 Å². The highest BCUT2D eigenvalue weighted by Crippen LogP contribution is 2.16. The van der Waals surface area contributed by atoms with Gasteiger partial charge in [0.05, 0.1) is 0 Å². The van der Waals surface area contributed by atoms with Crippen LogP contribution < -0.4 is 10.0 Å². The molecule has 0 aliphatic heterocycles. The second-order valence-electron chi connectivity index (χ2n) is 4.77. The lowest BCUT2D eigenvalue weighted by Crippen LogP contribution is -2.31. The molecule has 2 N–H and O–H groups in total. The molecule has 2 aromatic rings. The molecule has 0 aliphatic carbocycles. The maximum atomic E-state index is 13.6. The molecule has 0 aromatic heterocycles. The average molecular weight is 354 g/mol. The smallest absolute Gasteiger partial charge is 0.267 e. The number of carbonyl (C=O) groups is 2. The molecule has 2 aromatic carbocycles. The van der Waals surface area contributed by atoms with Gasteiger partial charge in [-0.2, -0.15) is 0 Å². The fourth-order valence-corrected chi connectivity index (χ4v) is 2.91. The van der Waals surface area contributed by atoms with E-state index < -0.39 is 32.5 Å². The molecule has 24 heavy (non-hydrogen) atoms. The first-order valence-corrected chi connectivity index (χ1v) is 8.07. The fourth-order valence-electron chi connectivity index (χ4n) is 1.87. The summed E-state index contributed by atoms with van der Waals surface area (Å²) in [6, 6.07) is 7.39. The van der Waals surface area contributed by atoms with Crippen molar-refractivity contribution in [2.75, 3.05) is 5.32 Å². The first kappa shape index (κ1) is 17.5. The number of anilines is 1. The van der Waals surface area contributed by atoms with E-state index in [-0.39, 0.29) is 11.5 Å². The van der Waals surface area contributed by atoms with Gasteiger partial charge in [0.25, 0.3) is 15.9 Å². The van der Waals surface area contributed by atoms with E-state index in [4.69, 9.17) is 0 Å². The van der Waals surface area contributed by atoms with Gasteiger partial charge in [-0.3, -0.25) is 9.59 Å². The number of nitrogens with one attached hydrogen (secondary N) is 2. The van der Waals surface area contributed by atoms with Crippen LogP contribution in [0.2, 0.25) is 0 Å². The van der Waals surface area contributed by atoms with E-state index in [1.807, 2.05) is 0 Å². The van der Waals surface area contributed by atoms with Crippen LogP contribution in [0.1, 0.15) is 17.3 Å². The van der Waals surface area contributed by atoms with E-state index in [9.17, 15) is 26.8 Å². The number of amides is 2. The van der Waals surface area contributed by atoms with Crippen molar-refractivity contribution in [2.45, 2.75) is 11.8 Å². The van der Waals surface area contributed by atoms with Gasteiger partial charge in [-0.1, -0.05) is 6.07 Å². The van der Waals surface area contributed by atoms with E-state index >= 15 is 0 Å². The molecule has 0 fully saturated rings. The maximum Gasteiger partial charge on any atom is 0.267 e. The van der Waals surface area contributed by atoms with Crippen LogP contribution in [0.25, 0.3) is 0 Å². The predicted molar refractivity (Wildman–Crippen MR) is 81.8 cm³/mol. The van der Waals surface area contributed by atoms with Crippen molar-refractivity contribution in [1.29, 1.82) is 0 Å². The second-order valence-corrected chi connectivity index (χ2v) is 6.42. The van der Waals surface area contributed by atoms with Crippen LogP contribution in [0, 0.1) is 11.6 Å². The van der Waals surface area contributed by atoms with Crippen molar-refractivity contribution in [3.63, 3.8) is 0 Å². The van der Waals surface area contributed by atoms with Crippen LogP contribution in [0.3, 0.4) is 0 Å². The number of carbonyl (C=O) groups excluding carboxylic acids is 2. The number of sulfonamides is 1. The summed E-state index contributed by atoms with van der Waals surface area (Å²) < 4.78 is 52.2. The summed E-state index contributed by atoms with van der Waals surface area (Å²) in [5.41, 5.74) is 0.229. The molecule has 0 bridgehead atoms. The van der Waals surface area contributed by atoms with Crippen molar-refractivity contribution >= 4 is 27.5 Å². The van der Waals surface area contributed by atoms with Crippen LogP contribution in [-0.4, -0.2) is 20.2 Å². The lowest BCUT2D eigenvalue weighted by molar-refractivity contribution is -0.114. The molecule has 2 rings (SSSR count). The van der Waals surface area contributed by atoms with Crippen molar-refractivity contribution in [2.24, 2.45) is 0 Å². The van der Waals surface area contributed by atoms with Gasteiger partial charge in [0.1, 0.15) is 16.5 Å². The Morgan fingerprint density at radius 3 is 2.38 bits per heavy atom. The number of benzene rings is 2. The molecular weight excluding hydrogens is 342 g/mol. The number of hydrogen-bond donors (Lipinski definition) is 2. The molecule has 0 spiro atoms. The SMILES string of the molecule is CC(=O)Nc1cccc(C(=O)NS(=O)(=O)c2ccc(F)cc2F)c1. The summed E-state index contributed by atoms with van der Waals surface area (Å²) in [6.45, 7) is 1.27. The third-order valence-corrected chi connectivity index (χ3v) is 4.22. The van der Waals surface area contributed by atoms with Crippen LogP contribution in [0.4, 0.5) is 14.5 Å². The van der Waals surface area contributed by atoms with Crippen LogP contribution >= 0.6 is 0 Å². The highest BCUT2D eigenvalue weighted by Gasteiger charge is 2.23. The van der Waals surface area contributed by atoms with Crippen LogP contribution in [0.5, 0.6) is 0 Å². The van der Waals surface area contributed by atoms with Gasteiger partial charge in [-0.25, -0.2) is 21.9 Å². The summed E-state index contributed by atoms with van der Waals surface area (Å²) in [5.74, 6) is -3.65. The first-order valence-electron chi connectivity index (χ1n) is 6.59. The largest absolute Gasteiger partial charge is 0.326 e. The quantitative estimate of drug-likeness (QED) is 0.879. The van der Waals surface area contributed by atoms with E-state index in [1.165, 1.54) is 31.2 Å². The van der Waals surface area contributed by atoms with Gasteiger partial charge in [0.15, 0.2) is 0 Å². The van der Waals surface area contributed by atoms with E-state index in [2.05, 4.69) is 5.32 Å². The highest BCUT2D eigenvalue weighted by atomic mass is 32.2. The molecule has 2 amide bonds. The van der Waals surface area contributed by atoms with Gasteiger partial charge in [0.2, 0.25) is 5.91 Å². The minimum absolute atomic E-state index is 0.0626. The Labute approximate surface area is 136 Å². The van der Waals surface area contributed by atoms with Gasteiger partial charge in [-0.15, -0.1) is 0 Å². The van der Waals surface area contributed by atoms with Gasteiger partial charge < -0.3 is 5.32 Å². The maximum absolute atomic E-state index is 13.6. The Balaban J connectivity index is 2.26. The van der Waals surface area contributed by atoms with Crippen molar-refractivity contribution in [3.05, 3.63) is 59.7 Å². The molecule has 126 valence electrons. The Bertz CT molecular complexity index is 913. The summed E-state index contributed by atoms with van der Waals surface area (Å²) in [7, 11) is -4.52. The Kier molecular flexibility index (Phi) is 4.93. The van der Waals surface area contributed by atoms with Gasteiger partial charge in [0, 0.05) is 24.2 Å². The molecule has 0 saturated carbocycles. The van der Waals surface area contributed by atoms with E-state index in [1.54, 1.807) is 4.72 Å². The highest BCUT2D eigenvalue weighted by molar-refractivity contribution is 7.90. The first-order chi connectivity index (χ1) is 11.2. The second kappa shape index (κ2) is 6.75. The lowest BCUT2D eigenvalue weighted by Gasteiger charge is -2.09. The third kappa shape index (κ3) is 4.13. The zero-order chi connectivity index (χ0) is 17.9. The van der Waals surface area contributed by atoms with Gasteiger partial charge in [-0.05, 0) is 30.3 Å². The van der Waals surface area contributed by atoms with E-state index in [0.717, 1.165) is 6.07 Å².